The lowest BCUT2D eigenvalue weighted by Gasteiger charge is -2.34. The zero-order chi connectivity index (χ0) is 13.0. The summed E-state index contributed by atoms with van der Waals surface area (Å²) in [4.78, 5) is 12.2. The second-order valence-electron chi connectivity index (χ2n) is 4.61. The fourth-order valence-corrected chi connectivity index (χ4v) is 2.24. The average Bonchev–Trinajstić information content (AvgIpc) is 2.82. The fourth-order valence-electron chi connectivity index (χ4n) is 2.24. The summed E-state index contributed by atoms with van der Waals surface area (Å²) in [6.45, 7) is 2.06. The van der Waals surface area contributed by atoms with Crippen molar-refractivity contribution < 1.29 is 9.53 Å². The van der Waals surface area contributed by atoms with E-state index in [1.54, 1.807) is 11.8 Å². The molecule has 0 radical (unpaired) electrons. The lowest BCUT2D eigenvalue weighted by molar-refractivity contribution is -0.146. The lowest BCUT2D eigenvalue weighted by atomic mass is 9.91. The maximum atomic E-state index is 12.2. The molecule has 0 spiro atoms. The van der Waals surface area contributed by atoms with Crippen LogP contribution in [0.1, 0.15) is 18.5 Å². The van der Waals surface area contributed by atoms with E-state index in [0.717, 1.165) is 18.8 Å². The van der Waals surface area contributed by atoms with Crippen molar-refractivity contribution in [3.63, 3.8) is 0 Å². The molecule has 0 unspecified atom stereocenters. The fraction of sp³-hybridized carbons (Fsp3) is 0.667. The third kappa shape index (κ3) is 2.70. The number of piperidine rings is 1. The molecule has 2 heterocycles. The molecule has 18 heavy (non-hydrogen) atoms. The van der Waals surface area contributed by atoms with E-state index in [4.69, 9.17) is 4.74 Å². The highest BCUT2D eigenvalue weighted by atomic mass is 16.5. The number of hydrogen-bond acceptors (Lipinski definition) is 4. The molecule has 6 nitrogen and oxygen atoms in total. The molecule has 1 aromatic heterocycles. The summed E-state index contributed by atoms with van der Waals surface area (Å²) in [5.74, 6) is -0.0443. The third-order valence-corrected chi connectivity index (χ3v) is 3.41. The van der Waals surface area contributed by atoms with Gasteiger partial charge in [-0.1, -0.05) is 0 Å². The van der Waals surface area contributed by atoms with Gasteiger partial charge in [-0.2, -0.15) is 5.10 Å². The highest BCUT2D eigenvalue weighted by molar-refractivity contribution is 5.85. The van der Waals surface area contributed by atoms with Crippen molar-refractivity contribution in [2.75, 3.05) is 20.2 Å². The normalized spacial score (nSPS) is 18.6. The molecule has 2 N–H and O–H groups in total. The highest BCUT2D eigenvalue weighted by Crippen LogP contribution is 2.22. The molecule has 0 atom stereocenters. The molecule has 100 valence electrons. The van der Waals surface area contributed by atoms with Gasteiger partial charge >= 0.3 is 0 Å². The summed E-state index contributed by atoms with van der Waals surface area (Å²) in [6.07, 6.45) is 3.27. The molecule has 2 rings (SSSR count). The van der Waals surface area contributed by atoms with E-state index in [9.17, 15) is 4.79 Å². The van der Waals surface area contributed by atoms with Crippen LogP contribution in [0.15, 0.2) is 12.3 Å². The van der Waals surface area contributed by atoms with Crippen LogP contribution in [0.25, 0.3) is 0 Å². The van der Waals surface area contributed by atoms with E-state index in [1.807, 2.05) is 19.3 Å². The van der Waals surface area contributed by atoms with Crippen molar-refractivity contribution in [3.05, 3.63) is 18.0 Å². The van der Waals surface area contributed by atoms with Crippen molar-refractivity contribution in [1.29, 1.82) is 0 Å². The Hall–Kier alpha value is -1.40. The molecule has 1 aliphatic rings. The maximum Gasteiger partial charge on any atom is 0.252 e. The number of hydrogen-bond donors (Lipinski definition) is 2. The Bertz CT molecular complexity index is 410. The maximum absolute atomic E-state index is 12.2. The molecule has 0 aliphatic carbocycles. The SMILES string of the molecule is COC1(C(=O)NCc2ccn(C)n2)CCNCC1. The van der Waals surface area contributed by atoms with E-state index in [2.05, 4.69) is 15.7 Å². The van der Waals surface area contributed by atoms with Crippen molar-refractivity contribution in [2.45, 2.75) is 25.0 Å². The molecular formula is C12H20N4O2. The first-order chi connectivity index (χ1) is 8.66. The number of ether oxygens (including phenoxy) is 1. The Kier molecular flexibility index (Phi) is 3.98. The lowest BCUT2D eigenvalue weighted by Crippen LogP contribution is -2.53. The van der Waals surface area contributed by atoms with Gasteiger partial charge in [0.25, 0.3) is 5.91 Å². The minimum Gasteiger partial charge on any atom is -0.368 e. The van der Waals surface area contributed by atoms with Crippen LogP contribution in [0, 0.1) is 0 Å². The van der Waals surface area contributed by atoms with Crippen LogP contribution in [-0.4, -0.2) is 41.5 Å². The minimum atomic E-state index is -0.681. The third-order valence-electron chi connectivity index (χ3n) is 3.41. The van der Waals surface area contributed by atoms with Gasteiger partial charge in [0.15, 0.2) is 0 Å². The summed E-state index contributed by atoms with van der Waals surface area (Å²) in [7, 11) is 3.46. The number of methoxy groups -OCH3 is 1. The summed E-state index contributed by atoms with van der Waals surface area (Å²) < 4.78 is 7.18. The average molecular weight is 252 g/mol. The topological polar surface area (TPSA) is 68.2 Å². The molecule has 1 aromatic rings. The van der Waals surface area contributed by atoms with Crippen molar-refractivity contribution in [3.8, 4) is 0 Å². The molecule has 0 bridgehead atoms. The smallest absolute Gasteiger partial charge is 0.252 e. The quantitative estimate of drug-likeness (QED) is 0.779. The second kappa shape index (κ2) is 5.49. The number of rotatable bonds is 4. The molecule has 0 aromatic carbocycles. The Labute approximate surface area is 107 Å². The second-order valence-corrected chi connectivity index (χ2v) is 4.61. The Morgan fingerprint density at radius 3 is 2.89 bits per heavy atom. The van der Waals surface area contributed by atoms with Gasteiger partial charge in [0, 0.05) is 20.4 Å². The van der Waals surface area contributed by atoms with E-state index in [0.29, 0.717) is 19.4 Å². The van der Waals surface area contributed by atoms with Crippen molar-refractivity contribution in [2.24, 2.45) is 7.05 Å². The van der Waals surface area contributed by atoms with Crippen LogP contribution in [-0.2, 0) is 23.1 Å². The number of nitrogens with zero attached hydrogens (tertiary/aromatic N) is 2. The summed E-state index contributed by atoms with van der Waals surface area (Å²) in [5, 5.41) is 10.4. The van der Waals surface area contributed by atoms with Crippen LogP contribution >= 0.6 is 0 Å². The summed E-state index contributed by atoms with van der Waals surface area (Å²) >= 11 is 0. The summed E-state index contributed by atoms with van der Waals surface area (Å²) in [5.41, 5.74) is 0.172. The molecule has 1 fully saturated rings. The number of carbonyl (C=O) groups excluding carboxylic acids is 1. The highest BCUT2D eigenvalue weighted by Gasteiger charge is 2.39. The molecule has 1 amide bonds. The monoisotopic (exact) mass is 252 g/mol. The van der Waals surface area contributed by atoms with Gasteiger partial charge in [-0.25, -0.2) is 0 Å². The number of aryl methyl sites for hydroxylation is 1. The Morgan fingerprint density at radius 1 is 1.61 bits per heavy atom. The Morgan fingerprint density at radius 2 is 2.33 bits per heavy atom. The Balaban J connectivity index is 1.93. The molecule has 6 heteroatoms. The predicted molar refractivity (Wildman–Crippen MR) is 66.9 cm³/mol. The van der Waals surface area contributed by atoms with Crippen LogP contribution < -0.4 is 10.6 Å². The minimum absolute atomic E-state index is 0.0443. The molecule has 1 aliphatic heterocycles. The van der Waals surface area contributed by atoms with Crippen LogP contribution in [0.4, 0.5) is 0 Å². The van der Waals surface area contributed by atoms with Crippen LogP contribution in [0.5, 0.6) is 0 Å². The van der Waals surface area contributed by atoms with Crippen LogP contribution in [0.3, 0.4) is 0 Å². The molecular weight excluding hydrogens is 232 g/mol. The molecule has 1 saturated heterocycles. The van der Waals surface area contributed by atoms with E-state index in [1.165, 1.54) is 0 Å². The number of carbonyl (C=O) groups is 1. The summed E-state index contributed by atoms with van der Waals surface area (Å²) in [6, 6.07) is 1.89. The van der Waals surface area contributed by atoms with Gasteiger partial charge in [0.2, 0.25) is 0 Å². The van der Waals surface area contributed by atoms with Gasteiger partial charge in [0.1, 0.15) is 5.60 Å². The van der Waals surface area contributed by atoms with Crippen LogP contribution in [0.2, 0.25) is 0 Å². The first kappa shape index (κ1) is 13.0. The largest absolute Gasteiger partial charge is 0.368 e. The predicted octanol–water partition coefficient (Wildman–Crippen LogP) is -0.195. The van der Waals surface area contributed by atoms with Gasteiger partial charge < -0.3 is 15.4 Å². The van der Waals surface area contributed by atoms with Gasteiger partial charge in [0.05, 0.1) is 12.2 Å². The zero-order valence-electron chi connectivity index (χ0n) is 10.9. The van der Waals surface area contributed by atoms with E-state index in [-0.39, 0.29) is 5.91 Å². The first-order valence-corrected chi connectivity index (χ1v) is 6.19. The van der Waals surface area contributed by atoms with Gasteiger partial charge in [-0.05, 0) is 32.0 Å². The molecule has 0 saturated carbocycles. The van der Waals surface area contributed by atoms with Gasteiger partial charge in [-0.15, -0.1) is 0 Å². The van der Waals surface area contributed by atoms with Crippen molar-refractivity contribution >= 4 is 5.91 Å². The van der Waals surface area contributed by atoms with E-state index < -0.39 is 5.60 Å². The zero-order valence-corrected chi connectivity index (χ0v) is 10.9. The van der Waals surface area contributed by atoms with Crippen molar-refractivity contribution in [1.82, 2.24) is 20.4 Å². The first-order valence-electron chi connectivity index (χ1n) is 6.19. The number of nitrogens with one attached hydrogen (secondary N) is 2. The number of aromatic nitrogens is 2. The van der Waals surface area contributed by atoms with E-state index >= 15 is 0 Å². The van der Waals surface area contributed by atoms with Gasteiger partial charge in [-0.3, -0.25) is 9.48 Å². The standard InChI is InChI=1S/C12H20N4O2/c1-16-8-3-10(15-16)9-14-11(17)12(18-2)4-6-13-7-5-12/h3,8,13H,4-7,9H2,1-2H3,(H,14,17). The number of amides is 1.